The number of fused-ring (bicyclic) bond motifs is 3. The molecule has 3 aromatic rings. The van der Waals surface area contributed by atoms with E-state index in [-0.39, 0.29) is 0 Å². The Balaban J connectivity index is 2.65. The molecule has 0 saturated heterocycles. The van der Waals surface area contributed by atoms with Gasteiger partial charge < -0.3 is 0 Å². The van der Waals surface area contributed by atoms with Crippen molar-refractivity contribution in [2.75, 3.05) is 0 Å². The lowest BCUT2D eigenvalue weighted by molar-refractivity contribution is -0.579. The van der Waals surface area contributed by atoms with Crippen molar-refractivity contribution in [3.8, 4) is 0 Å². The van der Waals surface area contributed by atoms with E-state index in [1.807, 2.05) is 30.5 Å². The first kappa shape index (κ1) is 6.54. The lowest BCUT2D eigenvalue weighted by Crippen LogP contribution is -2.23. The van der Waals surface area contributed by atoms with Gasteiger partial charge in [-0.15, -0.1) is 14.7 Å². The van der Waals surface area contributed by atoms with E-state index in [0.29, 0.717) is 0 Å². The molecule has 0 bridgehead atoms. The predicted octanol–water partition coefficient (Wildman–Crippen LogP) is 0.697. The van der Waals surface area contributed by atoms with Crippen molar-refractivity contribution < 1.29 is 4.52 Å². The summed E-state index contributed by atoms with van der Waals surface area (Å²) in [6.45, 7) is 0. The fraction of sp³-hybridized carbons (Fsp3) is 0. The van der Waals surface area contributed by atoms with E-state index in [4.69, 9.17) is 0 Å². The van der Waals surface area contributed by atoms with Gasteiger partial charge in [0.1, 0.15) is 0 Å². The highest BCUT2D eigenvalue weighted by atomic mass is 15.3. The topological polar surface area (TPSA) is 45.7 Å². The first-order valence-electron chi connectivity index (χ1n) is 4.04. The van der Waals surface area contributed by atoms with Crippen molar-refractivity contribution in [2.24, 2.45) is 0 Å². The van der Waals surface area contributed by atoms with Gasteiger partial charge >= 0.3 is 5.65 Å². The third kappa shape index (κ3) is 0.823. The molecule has 0 aliphatic rings. The molecule has 0 spiro atoms. The maximum atomic E-state index is 4.19. The lowest BCUT2D eigenvalue weighted by Gasteiger charge is -1.91. The van der Waals surface area contributed by atoms with Gasteiger partial charge in [0.05, 0.1) is 11.6 Å². The van der Waals surface area contributed by atoms with Crippen LogP contribution in [0.25, 0.3) is 16.4 Å². The molecule has 13 heavy (non-hydrogen) atoms. The monoisotopic (exact) mass is 171 g/mol. The summed E-state index contributed by atoms with van der Waals surface area (Å²) in [6, 6.07) is 8.05. The SMILES string of the molecule is c1ccc2c(c1)cn[n+]1c[nH]nc21. The molecule has 0 atom stereocenters. The Hall–Kier alpha value is -1.97. The third-order valence-corrected chi connectivity index (χ3v) is 2.09. The molecule has 0 unspecified atom stereocenters. The van der Waals surface area contributed by atoms with Crippen LogP contribution in [-0.2, 0) is 0 Å². The number of hydrogen-bond donors (Lipinski definition) is 1. The Morgan fingerprint density at radius 1 is 1.23 bits per heavy atom. The van der Waals surface area contributed by atoms with Gasteiger partial charge in [-0.2, -0.15) is 0 Å². The molecule has 4 nitrogen and oxygen atoms in total. The minimum Gasteiger partial charge on any atom is -0.125 e. The van der Waals surface area contributed by atoms with E-state index >= 15 is 0 Å². The van der Waals surface area contributed by atoms with Crippen LogP contribution in [-0.4, -0.2) is 15.3 Å². The normalized spacial score (nSPS) is 11.1. The molecule has 0 fully saturated rings. The molecular formula is C9H7N4+. The summed E-state index contributed by atoms with van der Waals surface area (Å²) in [4.78, 5) is 0. The largest absolute Gasteiger partial charge is 0.332 e. The van der Waals surface area contributed by atoms with Crippen molar-refractivity contribution >= 4 is 16.4 Å². The summed E-state index contributed by atoms with van der Waals surface area (Å²) in [5.41, 5.74) is 0.859. The fourth-order valence-corrected chi connectivity index (χ4v) is 1.47. The average molecular weight is 171 g/mol. The molecule has 1 N–H and O–H groups in total. The van der Waals surface area contributed by atoms with Gasteiger partial charge in [0.25, 0.3) is 0 Å². The second-order valence-corrected chi connectivity index (χ2v) is 2.87. The Morgan fingerprint density at radius 3 is 3.15 bits per heavy atom. The van der Waals surface area contributed by atoms with Gasteiger partial charge in [0, 0.05) is 10.5 Å². The number of nitrogens with one attached hydrogen (secondary N) is 1. The van der Waals surface area contributed by atoms with Gasteiger partial charge in [-0.25, -0.2) is 0 Å². The number of benzene rings is 1. The maximum absolute atomic E-state index is 4.19. The van der Waals surface area contributed by atoms with Crippen LogP contribution in [0.5, 0.6) is 0 Å². The van der Waals surface area contributed by atoms with Gasteiger partial charge in [-0.05, 0) is 6.07 Å². The van der Waals surface area contributed by atoms with E-state index in [9.17, 15) is 0 Å². The average Bonchev–Trinajstić information content (AvgIpc) is 2.65. The number of aromatic amines is 1. The van der Waals surface area contributed by atoms with Gasteiger partial charge in [-0.3, -0.25) is 0 Å². The predicted molar refractivity (Wildman–Crippen MR) is 47.0 cm³/mol. The van der Waals surface area contributed by atoms with Crippen molar-refractivity contribution in [3.63, 3.8) is 0 Å². The minimum atomic E-state index is 0.859. The second kappa shape index (κ2) is 2.26. The lowest BCUT2D eigenvalue weighted by atomic mass is 10.2. The molecule has 4 heteroatoms. The van der Waals surface area contributed by atoms with E-state index in [1.165, 1.54) is 0 Å². The molecular weight excluding hydrogens is 164 g/mol. The molecule has 2 heterocycles. The molecule has 3 rings (SSSR count). The van der Waals surface area contributed by atoms with Crippen molar-refractivity contribution in [1.29, 1.82) is 0 Å². The summed E-state index contributed by atoms with van der Waals surface area (Å²) in [7, 11) is 0. The maximum Gasteiger partial charge on any atom is 0.332 e. The smallest absolute Gasteiger partial charge is 0.125 e. The summed E-state index contributed by atoms with van der Waals surface area (Å²) in [5, 5.41) is 13.3. The molecule has 0 saturated carbocycles. The van der Waals surface area contributed by atoms with Gasteiger partial charge in [0.2, 0.25) is 6.33 Å². The van der Waals surface area contributed by atoms with Crippen LogP contribution >= 0.6 is 0 Å². The van der Waals surface area contributed by atoms with Crippen molar-refractivity contribution in [3.05, 3.63) is 36.8 Å². The van der Waals surface area contributed by atoms with E-state index in [1.54, 1.807) is 10.8 Å². The summed E-state index contributed by atoms with van der Waals surface area (Å²) in [5.74, 6) is 0. The second-order valence-electron chi connectivity index (χ2n) is 2.87. The first-order valence-corrected chi connectivity index (χ1v) is 4.04. The first-order chi connectivity index (χ1) is 6.45. The number of aromatic nitrogens is 4. The third-order valence-electron chi connectivity index (χ3n) is 2.09. The zero-order chi connectivity index (χ0) is 8.67. The van der Waals surface area contributed by atoms with Crippen LogP contribution in [0.4, 0.5) is 0 Å². The number of hydrogen-bond acceptors (Lipinski definition) is 2. The van der Waals surface area contributed by atoms with Crippen LogP contribution in [0.1, 0.15) is 0 Å². The van der Waals surface area contributed by atoms with Gasteiger partial charge in [0.15, 0.2) is 0 Å². The van der Waals surface area contributed by atoms with Crippen LogP contribution in [0.3, 0.4) is 0 Å². The van der Waals surface area contributed by atoms with E-state index in [2.05, 4.69) is 15.3 Å². The standard InChI is InChI=1S/C9H6N4/c1-2-4-8-7(3-1)5-11-13-6-10-12-9(8)13/h1-6H/p+1. The van der Waals surface area contributed by atoms with Crippen molar-refractivity contribution in [1.82, 2.24) is 15.3 Å². The Morgan fingerprint density at radius 2 is 2.15 bits per heavy atom. The highest BCUT2D eigenvalue weighted by molar-refractivity contribution is 5.90. The molecule has 2 aromatic heterocycles. The highest BCUT2D eigenvalue weighted by Crippen LogP contribution is 2.12. The highest BCUT2D eigenvalue weighted by Gasteiger charge is 2.08. The molecule has 0 amide bonds. The number of rotatable bonds is 0. The van der Waals surface area contributed by atoms with Gasteiger partial charge in [-0.1, -0.05) is 18.2 Å². The molecule has 0 aliphatic heterocycles. The zero-order valence-corrected chi connectivity index (χ0v) is 6.81. The molecule has 1 aromatic carbocycles. The summed E-state index contributed by atoms with van der Waals surface area (Å²) < 4.78 is 1.72. The van der Waals surface area contributed by atoms with Crippen LogP contribution in [0, 0.1) is 0 Å². The van der Waals surface area contributed by atoms with E-state index < -0.39 is 0 Å². The number of nitrogens with zero attached hydrogens (tertiary/aromatic N) is 3. The van der Waals surface area contributed by atoms with Crippen molar-refractivity contribution in [2.45, 2.75) is 0 Å². The molecule has 0 radical (unpaired) electrons. The number of H-pyrrole nitrogens is 1. The molecule has 0 aliphatic carbocycles. The molecule has 62 valence electrons. The minimum absolute atomic E-state index is 0.859. The van der Waals surface area contributed by atoms with E-state index in [0.717, 1.165) is 16.4 Å². The Bertz CT molecular complexity index is 570. The summed E-state index contributed by atoms with van der Waals surface area (Å²) in [6.07, 6.45) is 3.56. The quantitative estimate of drug-likeness (QED) is 0.506. The zero-order valence-electron chi connectivity index (χ0n) is 6.81. The Kier molecular flexibility index (Phi) is 1.14. The fourth-order valence-electron chi connectivity index (χ4n) is 1.47. The van der Waals surface area contributed by atoms with Crippen LogP contribution < -0.4 is 4.52 Å². The van der Waals surface area contributed by atoms with Crippen LogP contribution in [0.15, 0.2) is 36.8 Å². The van der Waals surface area contributed by atoms with Crippen LogP contribution in [0.2, 0.25) is 0 Å². The Labute approximate surface area is 73.8 Å². The summed E-state index contributed by atoms with van der Waals surface area (Å²) >= 11 is 0.